The molecule has 245 valence electrons. The molecule has 0 heterocycles. The molecule has 1 aliphatic carbocycles. The maximum atomic E-state index is 3.81. The van der Waals surface area contributed by atoms with Crippen molar-refractivity contribution in [2.24, 2.45) is 0 Å². The summed E-state index contributed by atoms with van der Waals surface area (Å²) < 4.78 is 3.81. The second kappa shape index (κ2) is 17.2. The van der Waals surface area contributed by atoms with E-state index in [4.69, 9.17) is 0 Å². The van der Waals surface area contributed by atoms with Crippen molar-refractivity contribution in [1.29, 1.82) is 0 Å². The molecule has 2 heteroatoms. The summed E-state index contributed by atoms with van der Waals surface area (Å²) in [6.07, 6.45) is 16.5. The summed E-state index contributed by atoms with van der Waals surface area (Å²) in [5.41, 5.74) is 8.40. The van der Waals surface area contributed by atoms with E-state index in [-0.39, 0.29) is 0 Å². The standard InChI is InChI=1S/C48H41P.Os/c1-4-16-39-25-27-40(28-26-39)29-30-41-31-33-42(34-32-41)35-36-44(37-45-18-15-17-43(45)5-2)38(3)49(46-19-9-6-10-20-46,47-21-11-7-12-22-47)48-23-13-8-14-24-48;/h4-14,16,19-34,37H,15,17-18H2,1-2H3;/q+1;/b16-4+,30-29+,43-5?,44-38?,45-37?;. The summed E-state index contributed by atoms with van der Waals surface area (Å²) in [5, 5.41) is 5.08. The van der Waals surface area contributed by atoms with Gasteiger partial charge >= 0.3 is 262 Å². The van der Waals surface area contributed by atoms with E-state index >= 15 is 0 Å². The average molecular weight is 839 g/mol. The van der Waals surface area contributed by atoms with Crippen molar-refractivity contribution < 1.29 is 17.9 Å². The number of benzene rings is 5. The number of rotatable bonds is 8. The van der Waals surface area contributed by atoms with Crippen LogP contribution in [0.1, 0.15) is 55.4 Å². The van der Waals surface area contributed by atoms with Crippen molar-refractivity contribution in [2.75, 3.05) is 0 Å². The third-order valence-corrected chi connectivity index (χ3v) is 14.5. The molecule has 0 bridgehead atoms. The van der Waals surface area contributed by atoms with Crippen LogP contribution in [-0.4, -0.2) is 0 Å². The van der Waals surface area contributed by atoms with E-state index in [0.717, 1.165) is 29.5 Å². The van der Waals surface area contributed by atoms with Gasteiger partial charge in [-0.15, -0.1) is 0 Å². The molecule has 0 unspecified atom stereocenters. The summed E-state index contributed by atoms with van der Waals surface area (Å²) in [5.74, 6) is 7.33. The number of hydrogen-bond donors (Lipinski definition) is 0. The van der Waals surface area contributed by atoms with Gasteiger partial charge in [0.15, 0.2) is 0 Å². The molecule has 5 aromatic rings. The first kappa shape index (κ1) is 35.0. The molecular formula is C48H41OsP+. The Labute approximate surface area is 309 Å². The van der Waals surface area contributed by atoms with Gasteiger partial charge < -0.3 is 0 Å². The van der Waals surface area contributed by atoms with Gasteiger partial charge in [0.2, 0.25) is 0 Å². The Morgan fingerprint density at radius 3 is 1.50 bits per heavy atom. The van der Waals surface area contributed by atoms with E-state index in [1.165, 1.54) is 49.9 Å². The molecule has 0 nitrogen and oxygen atoms in total. The molecule has 1 aliphatic rings. The Morgan fingerprint density at radius 1 is 0.580 bits per heavy atom. The number of allylic oxidation sites excluding steroid dienone is 7. The van der Waals surface area contributed by atoms with E-state index in [2.05, 4.69) is 199 Å². The molecular weight excluding hydrogens is 798 g/mol. The van der Waals surface area contributed by atoms with Crippen LogP contribution in [0.5, 0.6) is 0 Å². The molecule has 0 atom stereocenters. The van der Waals surface area contributed by atoms with Crippen molar-refractivity contribution in [1.82, 2.24) is 0 Å². The predicted molar refractivity (Wildman–Crippen MR) is 215 cm³/mol. The molecule has 0 aromatic heterocycles. The molecule has 50 heavy (non-hydrogen) atoms. The van der Waals surface area contributed by atoms with E-state index in [9.17, 15) is 0 Å². The summed E-state index contributed by atoms with van der Waals surface area (Å²) >= 11 is 1.81. The van der Waals surface area contributed by atoms with Crippen LogP contribution in [0, 0.1) is 16.2 Å². The summed E-state index contributed by atoms with van der Waals surface area (Å²) in [6.45, 7) is 4.20. The Hall–Kier alpha value is -4.79. The molecule has 0 saturated heterocycles. The van der Waals surface area contributed by atoms with E-state index in [1.54, 1.807) is 0 Å². The van der Waals surface area contributed by atoms with Gasteiger partial charge in [-0.05, 0) is 12.5 Å². The van der Waals surface area contributed by atoms with Crippen LogP contribution in [0.25, 0.3) is 18.2 Å². The van der Waals surface area contributed by atoms with E-state index in [0.29, 0.717) is 0 Å². The summed E-state index contributed by atoms with van der Waals surface area (Å²) in [7, 11) is -2.38. The minimum atomic E-state index is -2.38. The fourth-order valence-electron chi connectivity index (χ4n) is 6.62. The van der Waals surface area contributed by atoms with Crippen molar-refractivity contribution in [3.05, 3.63) is 202 Å². The molecule has 5 aromatic carbocycles. The van der Waals surface area contributed by atoms with Crippen molar-refractivity contribution >= 4 is 41.4 Å². The van der Waals surface area contributed by atoms with E-state index < -0.39 is 7.26 Å². The van der Waals surface area contributed by atoms with Crippen LogP contribution >= 0.6 is 7.26 Å². The molecule has 6 rings (SSSR count). The van der Waals surface area contributed by atoms with Crippen molar-refractivity contribution in [3.8, 4) is 16.2 Å². The quantitative estimate of drug-likeness (QED) is 0.0830. The fraction of sp³-hybridized carbons (Fsp3) is 0.104. The van der Waals surface area contributed by atoms with Crippen molar-refractivity contribution in [3.63, 3.8) is 0 Å². The van der Waals surface area contributed by atoms with Crippen molar-refractivity contribution in [2.45, 2.75) is 33.1 Å². The van der Waals surface area contributed by atoms with Crippen LogP contribution in [-0.2, 0) is 17.9 Å². The van der Waals surface area contributed by atoms with Crippen LogP contribution in [0.2, 0.25) is 0 Å². The van der Waals surface area contributed by atoms with Crippen LogP contribution < -0.4 is 15.9 Å². The second-order valence-corrected chi connectivity index (χ2v) is 16.2. The first-order valence-corrected chi connectivity index (χ1v) is 20.3. The van der Waals surface area contributed by atoms with Gasteiger partial charge in [0.25, 0.3) is 0 Å². The minimum absolute atomic E-state index is 0.993. The zero-order valence-corrected chi connectivity index (χ0v) is 32.1. The van der Waals surface area contributed by atoms with Gasteiger partial charge in [-0.3, -0.25) is 0 Å². The van der Waals surface area contributed by atoms with Gasteiger partial charge in [-0.2, -0.15) is 0 Å². The molecule has 1 saturated carbocycles. The molecule has 0 spiro atoms. The maximum absolute atomic E-state index is 3.81. The summed E-state index contributed by atoms with van der Waals surface area (Å²) in [4.78, 5) is 0. The van der Waals surface area contributed by atoms with Gasteiger partial charge in [-0.1, -0.05) is 36.4 Å². The fourth-order valence-corrected chi connectivity index (χ4v) is 12.4. The van der Waals surface area contributed by atoms with Gasteiger partial charge in [0, 0.05) is 0 Å². The second-order valence-electron chi connectivity index (χ2n) is 12.2. The van der Waals surface area contributed by atoms with E-state index in [1.807, 2.05) is 24.9 Å². The normalized spacial score (nSPS) is 15.2. The third kappa shape index (κ3) is 7.98. The summed E-state index contributed by atoms with van der Waals surface area (Å²) in [6, 6.07) is 50.3. The Bertz CT molecular complexity index is 2070. The molecule has 0 amide bonds. The average Bonchev–Trinajstić information content (AvgIpc) is 3.64. The Morgan fingerprint density at radius 2 is 1.04 bits per heavy atom. The van der Waals surface area contributed by atoms with Crippen LogP contribution in [0.4, 0.5) is 0 Å². The topological polar surface area (TPSA) is 0 Å². The first-order valence-electron chi connectivity index (χ1n) is 17.2. The Balaban J connectivity index is 1.50. The molecule has 0 aliphatic heterocycles. The SMILES string of the molecule is CC=C1CCCC1=CC(C#Cc1ccc(/C=C/c2ccc(/C=C/C)cc2)cc1)=C([C]#[Os])[P+](c1ccccc1)(c1ccccc1)c1ccccc1. The van der Waals surface area contributed by atoms with Gasteiger partial charge in [0.1, 0.15) is 0 Å². The third-order valence-electron chi connectivity index (χ3n) is 9.09. The molecule has 1 fully saturated rings. The zero-order valence-electron chi connectivity index (χ0n) is 28.7. The first-order chi connectivity index (χ1) is 24.6. The predicted octanol–water partition coefficient (Wildman–Crippen LogP) is 11.1. The van der Waals surface area contributed by atoms with Crippen LogP contribution in [0.15, 0.2) is 180 Å². The number of hydrogen-bond acceptors (Lipinski definition) is 0. The zero-order chi connectivity index (χ0) is 34.6. The van der Waals surface area contributed by atoms with Crippen LogP contribution in [0.3, 0.4) is 0 Å². The Kier molecular flexibility index (Phi) is 12.1. The molecule has 0 N–H and O–H groups in total. The monoisotopic (exact) mass is 840 g/mol. The van der Waals surface area contributed by atoms with Gasteiger partial charge in [-0.25, -0.2) is 0 Å². The van der Waals surface area contributed by atoms with Gasteiger partial charge in [0.05, 0.1) is 0 Å². The molecule has 0 radical (unpaired) electrons.